The van der Waals surface area contributed by atoms with E-state index in [0.717, 1.165) is 27.6 Å². The Labute approximate surface area is 161 Å². The van der Waals surface area contributed by atoms with Gasteiger partial charge in [0.05, 0.1) is 5.52 Å². The second-order valence-corrected chi connectivity index (χ2v) is 6.69. The number of carbonyl (C=O) groups excluding carboxylic acids is 1. The van der Waals surface area contributed by atoms with E-state index in [-0.39, 0.29) is 12.5 Å². The van der Waals surface area contributed by atoms with Gasteiger partial charge in [-0.05, 0) is 47.2 Å². The molecule has 3 aromatic heterocycles. The highest BCUT2D eigenvalue weighted by molar-refractivity contribution is 5.84. The van der Waals surface area contributed by atoms with E-state index in [4.69, 9.17) is 4.74 Å². The lowest BCUT2D eigenvalue weighted by Crippen LogP contribution is -2.33. The van der Waals surface area contributed by atoms with Gasteiger partial charge < -0.3 is 9.64 Å². The highest BCUT2D eigenvalue weighted by atomic mass is 16.5. The van der Waals surface area contributed by atoms with Gasteiger partial charge in [0.2, 0.25) is 5.91 Å². The first-order valence-corrected chi connectivity index (χ1v) is 8.91. The number of amides is 1. The standard InChI is InChI=1S/C20H20N6O2/c1-14-5-6-18-16(8-14)9-17(20-22-23-24-26(18)20)12-25(19(27)13-28-2)11-15-4-3-7-21-10-15/h3-10H,11-13H2,1-2H3. The molecular formula is C20H20N6O2. The van der Waals surface area contributed by atoms with Crippen LogP contribution in [0.25, 0.3) is 16.6 Å². The Balaban J connectivity index is 1.75. The van der Waals surface area contributed by atoms with Crippen molar-refractivity contribution in [3.8, 4) is 0 Å². The van der Waals surface area contributed by atoms with Crippen molar-refractivity contribution in [2.45, 2.75) is 20.0 Å². The van der Waals surface area contributed by atoms with E-state index in [1.54, 1.807) is 21.8 Å². The Hall–Kier alpha value is -3.39. The molecule has 0 N–H and O–H groups in total. The summed E-state index contributed by atoms with van der Waals surface area (Å²) in [7, 11) is 1.51. The molecule has 0 radical (unpaired) electrons. The average Bonchev–Trinajstić information content (AvgIpc) is 3.18. The molecule has 0 aliphatic heterocycles. The number of tetrazole rings is 1. The molecule has 0 saturated heterocycles. The van der Waals surface area contributed by atoms with Crippen LogP contribution in [0.5, 0.6) is 0 Å². The lowest BCUT2D eigenvalue weighted by molar-refractivity contribution is -0.136. The molecule has 0 saturated carbocycles. The van der Waals surface area contributed by atoms with Crippen molar-refractivity contribution < 1.29 is 9.53 Å². The topological polar surface area (TPSA) is 85.5 Å². The van der Waals surface area contributed by atoms with Gasteiger partial charge >= 0.3 is 0 Å². The third-order valence-electron chi connectivity index (χ3n) is 4.58. The smallest absolute Gasteiger partial charge is 0.249 e. The number of aryl methyl sites for hydroxylation is 1. The fourth-order valence-corrected chi connectivity index (χ4v) is 3.27. The molecule has 8 heteroatoms. The summed E-state index contributed by atoms with van der Waals surface area (Å²) in [6.45, 7) is 2.84. The number of aromatic nitrogens is 5. The molecule has 0 atom stereocenters. The number of carbonyl (C=O) groups is 1. The summed E-state index contributed by atoms with van der Waals surface area (Å²) in [5.41, 5.74) is 4.53. The maximum absolute atomic E-state index is 12.7. The Kier molecular flexibility index (Phi) is 4.94. The van der Waals surface area contributed by atoms with Crippen LogP contribution in [0, 0.1) is 6.92 Å². The number of benzene rings is 1. The molecule has 4 rings (SSSR count). The van der Waals surface area contributed by atoms with Crippen LogP contribution in [0.4, 0.5) is 0 Å². The number of hydrogen-bond donors (Lipinski definition) is 0. The molecule has 0 fully saturated rings. The van der Waals surface area contributed by atoms with Crippen molar-refractivity contribution in [2.24, 2.45) is 0 Å². The molecule has 4 aromatic rings. The first-order valence-electron chi connectivity index (χ1n) is 8.91. The van der Waals surface area contributed by atoms with Gasteiger partial charge in [0.15, 0.2) is 5.65 Å². The number of hydrogen-bond acceptors (Lipinski definition) is 6. The molecule has 0 aliphatic rings. The van der Waals surface area contributed by atoms with Crippen molar-refractivity contribution in [2.75, 3.05) is 13.7 Å². The zero-order valence-electron chi connectivity index (χ0n) is 15.7. The summed E-state index contributed by atoms with van der Waals surface area (Å²) in [5, 5.41) is 13.2. The van der Waals surface area contributed by atoms with E-state index >= 15 is 0 Å². The second kappa shape index (κ2) is 7.69. The van der Waals surface area contributed by atoms with E-state index in [1.807, 2.05) is 37.3 Å². The van der Waals surface area contributed by atoms with Crippen LogP contribution in [-0.4, -0.2) is 49.5 Å². The zero-order valence-corrected chi connectivity index (χ0v) is 15.7. The molecular weight excluding hydrogens is 356 g/mol. The van der Waals surface area contributed by atoms with E-state index in [9.17, 15) is 4.79 Å². The van der Waals surface area contributed by atoms with Crippen molar-refractivity contribution in [3.05, 3.63) is 65.5 Å². The van der Waals surface area contributed by atoms with Crippen molar-refractivity contribution in [1.29, 1.82) is 0 Å². The van der Waals surface area contributed by atoms with Crippen LogP contribution in [0.15, 0.2) is 48.8 Å². The first kappa shape index (κ1) is 18.0. The molecule has 28 heavy (non-hydrogen) atoms. The summed E-state index contributed by atoms with van der Waals surface area (Å²) >= 11 is 0. The van der Waals surface area contributed by atoms with Crippen LogP contribution in [0.2, 0.25) is 0 Å². The van der Waals surface area contributed by atoms with Crippen LogP contribution < -0.4 is 0 Å². The van der Waals surface area contributed by atoms with Crippen LogP contribution in [0.1, 0.15) is 16.7 Å². The minimum Gasteiger partial charge on any atom is -0.375 e. The first-order chi connectivity index (χ1) is 13.7. The summed E-state index contributed by atoms with van der Waals surface area (Å²) in [6, 6.07) is 12.0. The summed E-state index contributed by atoms with van der Waals surface area (Å²) in [5.74, 6) is -0.110. The van der Waals surface area contributed by atoms with Gasteiger partial charge in [-0.2, -0.15) is 4.52 Å². The van der Waals surface area contributed by atoms with Gasteiger partial charge in [-0.15, -0.1) is 5.10 Å². The fraction of sp³-hybridized carbons (Fsp3) is 0.250. The molecule has 0 bridgehead atoms. The highest BCUT2D eigenvalue weighted by Gasteiger charge is 2.18. The number of nitrogens with zero attached hydrogens (tertiary/aromatic N) is 6. The van der Waals surface area contributed by atoms with Crippen LogP contribution >= 0.6 is 0 Å². The quantitative estimate of drug-likeness (QED) is 0.513. The molecule has 0 aliphatic carbocycles. The average molecular weight is 376 g/mol. The molecule has 142 valence electrons. The lowest BCUT2D eigenvalue weighted by atomic mass is 10.1. The van der Waals surface area contributed by atoms with Crippen LogP contribution in [0.3, 0.4) is 0 Å². The minimum absolute atomic E-state index is 0.00811. The van der Waals surface area contributed by atoms with E-state index in [2.05, 4.69) is 26.6 Å². The molecule has 8 nitrogen and oxygen atoms in total. The van der Waals surface area contributed by atoms with Crippen molar-refractivity contribution in [3.63, 3.8) is 0 Å². The van der Waals surface area contributed by atoms with E-state index < -0.39 is 0 Å². The lowest BCUT2D eigenvalue weighted by Gasteiger charge is -2.23. The Bertz CT molecular complexity index is 1130. The predicted octanol–water partition coefficient (Wildman–Crippen LogP) is 2.16. The maximum Gasteiger partial charge on any atom is 0.249 e. The largest absolute Gasteiger partial charge is 0.375 e. The Morgan fingerprint density at radius 3 is 2.89 bits per heavy atom. The second-order valence-electron chi connectivity index (χ2n) is 6.69. The van der Waals surface area contributed by atoms with Crippen molar-refractivity contribution >= 4 is 22.5 Å². The monoisotopic (exact) mass is 376 g/mol. The van der Waals surface area contributed by atoms with E-state index in [1.165, 1.54) is 7.11 Å². The SMILES string of the molecule is COCC(=O)N(Cc1cccnc1)Cc1cc2cc(C)ccc2n2nnnc12. The zero-order chi connectivity index (χ0) is 19.5. The van der Waals surface area contributed by atoms with E-state index in [0.29, 0.717) is 18.7 Å². The maximum atomic E-state index is 12.7. The Morgan fingerprint density at radius 2 is 2.11 bits per heavy atom. The number of rotatable bonds is 6. The number of fused-ring (bicyclic) bond motifs is 3. The normalized spacial score (nSPS) is 11.2. The van der Waals surface area contributed by atoms with Gasteiger partial charge in [0, 0.05) is 43.5 Å². The predicted molar refractivity (Wildman–Crippen MR) is 103 cm³/mol. The van der Waals surface area contributed by atoms with Gasteiger partial charge in [-0.1, -0.05) is 17.7 Å². The highest BCUT2D eigenvalue weighted by Crippen LogP contribution is 2.22. The van der Waals surface area contributed by atoms with Gasteiger partial charge in [0.25, 0.3) is 0 Å². The number of methoxy groups -OCH3 is 1. The Morgan fingerprint density at radius 1 is 1.21 bits per heavy atom. The molecule has 0 spiro atoms. The van der Waals surface area contributed by atoms with Crippen LogP contribution in [-0.2, 0) is 22.6 Å². The third-order valence-corrected chi connectivity index (χ3v) is 4.58. The minimum atomic E-state index is -0.110. The molecule has 0 unspecified atom stereocenters. The van der Waals surface area contributed by atoms with Gasteiger partial charge in [0.1, 0.15) is 6.61 Å². The van der Waals surface area contributed by atoms with Gasteiger partial charge in [-0.25, -0.2) is 0 Å². The molecule has 1 amide bonds. The summed E-state index contributed by atoms with van der Waals surface area (Å²) in [6.07, 6.45) is 3.47. The van der Waals surface area contributed by atoms with Gasteiger partial charge in [-0.3, -0.25) is 9.78 Å². The third kappa shape index (κ3) is 3.54. The van der Waals surface area contributed by atoms with Crippen molar-refractivity contribution in [1.82, 2.24) is 29.9 Å². The molecule has 1 aromatic carbocycles. The molecule has 3 heterocycles. The fourth-order valence-electron chi connectivity index (χ4n) is 3.27. The summed E-state index contributed by atoms with van der Waals surface area (Å²) in [4.78, 5) is 18.5. The summed E-state index contributed by atoms with van der Waals surface area (Å²) < 4.78 is 6.78. The number of pyridine rings is 2. The number of ether oxygens (including phenoxy) is 1.